The number of hydrogen-bond acceptors (Lipinski definition) is 6. The predicted molar refractivity (Wildman–Crippen MR) is 99.0 cm³/mol. The predicted octanol–water partition coefficient (Wildman–Crippen LogP) is 3.58. The fourth-order valence-electron chi connectivity index (χ4n) is 2.45. The van der Waals surface area contributed by atoms with Gasteiger partial charge in [0.1, 0.15) is 5.75 Å². The molecule has 3 aromatic rings. The first-order chi connectivity index (χ1) is 13.2. The van der Waals surface area contributed by atoms with Crippen molar-refractivity contribution in [2.45, 2.75) is 19.8 Å². The molecule has 0 aliphatic carbocycles. The Balaban J connectivity index is 1.56. The van der Waals surface area contributed by atoms with Gasteiger partial charge in [-0.1, -0.05) is 11.2 Å². The third-order valence-electron chi connectivity index (χ3n) is 3.73. The summed E-state index contributed by atoms with van der Waals surface area (Å²) in [6, 6.07) is 16.2. The Morgan fingerprint density at radius 3 is 2.81 bits per heavy atom. The highest BCUT2D eigenvalue weighted by atomic mass is 16.5. The zero-order valence-corrected chi connectivity index (χ0v) is 14.8. The van der Waals surface area contributed by atoms with E-state index in [1.807, 2.05) is 37.3 Å². The molecule has 0 aliphatic heterocycles. The van der Waals surface area contributed by atoms with Gasteiger partial charge in [0.25, 0.3) is 0 Å². The first-order valence-corrected chi connectivity index (χ1v) is 8.53. The highest BCUT2D eigenvalue weighted by Gasteiger charge is 2.11. The highest BCUT2D eigenvalue weighted by Crippen LogP contribution is 2.20. The Morgan fingerprint density at radius 2 is 2.07 bits per heavy atom. The van der Waals surface area contributed by atoms with E-state index in [4.69, 9.17) is 14.5 Å². The molecule has 0 spiro atoms. The van der Waals surface area contributed by atoms with E-state index in [9.17, 15) is 4.79 Å². The van der Waals surface area contributed by atoms with Crippen LogP contribution in [-0.4, -0.2) is 22.7 Å². The van der Waals surface area contributed by atoms with Crippen LogP contribution in [0, 0.1) is 11.3 Å². The van der Waals surface area contributed by atoms with Gasteiger partial charge in [-0.2, -0.15) is 10.2 Å². The summed E-state index contributed by atoms with van der Waals surface area (Å²) in [4.78, 5) is 16.4. The van der Waals surface area contributed by atoms with Crippen LogP contribution < -0.4 is 10.1 Å². The van der Waals surface area contributed by atoms with Crippen LogP contribution in [0.15, 0.2) is 53.1 Å². The quantitative estimate of drug-likeness (QED) is 0.689. The number of aryl methyl sites for hydroxylation is 1. The van der Waals surface area contributed by atoms with Gasteiger partial charge in [0.2, 0.25) is 17.6 Å². The van der Waals surface area contributed by atoms with Crippen molar-refractivity contribution in [1.29, 1.82) is 5.26 Å². The Morgan fingerprint density at radius 1 is 1.26 bits per heavy atom. The van der Waals surface area contributed by atoms with Gasteiger partial charge in [-0.25, -0.2) is 0 Å². The van der Waals surface area contributed by atoms with E-state index in [1.165, 1.54) is 0 Å². The maximum absolute atomic E-state index is 12.1. The first-order valence-electron chi connectivity index (χ1n) is 8.53. The molecule has 2 aromatic carbocycles. The average molecular weight is 362 g/mol. The van der Waals surface area contributed by atoms with Crippen molar-refractivity contribution in [2.24, 2.45) is 0 Å². The number of ether oxygens (including phenoxy) is 1. The lowest BCUT2D eigenvalue weighted by atomic mass is 10.2. The molecule has 1 aromatic heterocycles. The molecular formula is C20H18N4O3. The summed E-state index contributed by atoms with van der Waals surface area (Å²) in [5.74, 6) is 1.45. The molecule has 1 heterocycles. The Hall–Kier alpha value is -3.66. The summed E-state index contributed by atoms with van der Waals surface area (Å²) in [5, 5.41) is 15.6. The molecule has 136 valence electrons. The molecule has 0 unspecified atom stereocenters. The van der Waals surface area contributed by atoms with Crippen LogP contribution in [0.5, 0.6) is 5.75 Å². The van der Waals surface area contributed by atoms with E-state index in [0.717, 1.165) is 11.3 Å². The molecule has 0 aliphatic rings. The largest absolute Gasteiger partial charge is 0.494 e. The Labute approximate surface area is 156 Å². The van der Waals surface area contributed by atoms with Gasteiger partial charge >= 0.3 is 0 Å². The summed E-state index contributed by atoms with van der Waals surface area (Å²) in [7, 11) is 0. The maximum atomic E-state index is 12.1. The minimum Gasteiger partial charge on any atom is -0.494 e. The number of aromatic nitrogens is 2. The molecule has 0 bridgehead atoms. The van der Waals surface area contributed by atoms with Gasteiger partial charge in [0.05, 0.1) is 18.2 Å². The topological polar surface area (TPSA) is 101 Å². The third-order valence-corrected chi connectivity index (χ3v) is 3.73. The number of rotatable bonds is 7. The van der Waals surface area contributed by atoms with Crippen LogP contribution in [0.4, 0.5) is 5.69 Å². The van der Waals surface area contributed by atoms with Gasteiger partial charge in [-0.05, 0) is 49.4 Å². The average Bonchev–Trinajstić information content (AvgIpc) is 3.16. The summed E-state index contributed by atoms with van der Waals surface area (Å²) in [5.41, 5.74) is 1.88. The van der Waals surface area contributed by atoms with Gasteiger partial charge in [0, 0.05) is 24.1 Å². The lowest BCUT2D eigenvalue weighted by Gasteiger charge is -2.04. The van der Waals surface area contributed by atoms with Crippen molar-refractivity contribution < 1.29 is 14.1 Å². The minimum atomic E-state index is -0.189. The van der Waals surface area contributed by atoms with E-state index in [0.29, 0.717) is 36.0 Å². The van der Waals surface area contributed by atoms with Gasteiger partial charge in [0.15, 0.2) is 0 Å². The number of amides is 1. The van der Waals surface area contributed by atoms with E-state index in [-0.39, 0.29) is 12.3 Å². The van der Waals surface area contributed by atoms with Crippen LogP contribution in [0.25, 0.3) is 11.4 Å². The standard InChI is InChI=1S/C20H18N4O3/c1-2-26-17-8-6-15(7-9-17)20-23-19(27-24-20)11-10-18(25)22-16-5-3-4-14(12-16)13-21/h3-9,12H,2,10-11H2,1H3,(H,22,25). The van der Waals surface area contributed by atoms with E-state index in [1.54, 1.807) is 24.3 Å². The number of carbonyl (C=O) groups is 1. The number of benzene rings is 2. The molecule has 7 nitrogen and oxygen atoms in total. The SMILES string of the molecule is CCOc1ccc(-c2noc(CCC(=O)Nc3cccc(C#N)c3)n2)cc1. The first kappa shape index (κ1) is 18.1. The second kappa shape index (κ2) is 8.63. The summed E-state index contributed by atoms with van der Waals surface area (Å²) < 4.78 is 10.6. The smallest absolute Gasteiger partial charge is 0.227 e. The molecule has 3 rings (SSSR count). The number of anilines is 1. The molecule has 1 N–H and O–H groups in total. The van der Waals surface area contributed by atoms with Crippen molar-refractivity contribution >= 4 is 11.6 Å². The van der Waals surface area contributed by atoms with E-state index < -0.39 is 0 Å². The van der Waals surface area contributed by atoms with E-state index >= 15 is 0 Å². The monoisotopic (exact) mass is 362 g/mol. The van der Waals surface area contributed by atoms with Crippen LogP contribution in [-0.2, 0) is 11.2 Å². The molecular weight excluding hydrogens is 344 g/mol. The molecule has 0 saturated heterocycles. The van der Waals surface area contributed by atoms with Gasteiger partial charge in [-0.3, -0.25) is 4.79 Å². The second-order valence-electron chi connectivity index (χ2n) is 5.71. The fourth-order valence-corrected chi connectivity index (χ4v) is 2.45. The Bertz CT molecular complexity index is 958. The van der Waals surface area contributed by atoms with Crippen LogP contribution in [0.3, 0.4) is 0 Å². The minimum absolute atomic E-state index is 0.189. The van der Waals surface area contributed by atoms with E-state index in [2.05, 4.69) is 15.5 Å². The second-order valence-corrected chi connectivity index (χ2v) is 5.71. The molecule has 0 radical (unpaired) electrons. The fraction of sp³-hybridized carbons (Fsp3) is 0.200. The van der Waals surface area contributed by atoms with Crippen LogP contribution >= 0.6 is 0 Å². The van der Waals surface area contributed by atoms with Crippen molar-refractivity contribution in [3.05, 3.63) is 60.0 Å². The molecule has 1 amide bonds. The van der Waals surface area contributed by atoms with Crippen LogP contribution in [0.2, 0.25) is 0 Å². The summed E-state index contributed by atoms with van der Waals surface area (Å²) in [6.07, 6.45) is 0.523. The van der Waals surface area contributed by atoms with Crippen LogP contribution in [0.1, 0.15) is 24.8 Å². The molecule has 7 heteroatoms. The number of carbonyl (C=O) groups excluding carboxylic acids is 1. The summed E-state index contributed by atoms with van der Waals surface area (Å²) in [6.45, 7) is 2.53. The van der Waals surface area contributed by atoms with Crippen molar-refractivity contribution in [3.63, 3.8) is 0 Å². The van der Waals surface area contributed by atoms with Crippen molar-refractivity contribution in [2.75, 3.05) is 11.9 Å². The van der Waals surface area contributed by atoms with Gasteiger partial charge < -0.3 is 14.6 Å². The normalized spacial score (nSPS) is 10.2. The number of hydrogen-bond donors (Lipinski definition) is 1. The molecule has 0 saturated carbocycles. The lowest BCUT2D eigenvalue weighted by Crippen LogP contribution is -2.12. The van der Waals surface area contributed by atoms with Crippen molar-refractivity contribution in [1.82, 2.24) is 10.1 Å². The Kier molecular flexibility index (Phi) is 5.80. The zero-order valence-electron chi connectivity index (χ0n) is 14.8. The number of nitrogens with one attached hydrogen (secondary N) is 1. The lowest BCUT2D eigenvalue weighted by molar-refractivity contribution is -0.116. The maximum Gasteiger partial charge on any atom is 0.227 e. The highest BCUT2D eigenvalue weighted by molar-refractivity contribution is 5.90. The van der Waals surface area contributed by atoms with Crippen molar-refractivity contribution in [3.8, 4) is 23.2 Å². The molecule has 0 fully saturated rings. The number of nitriles is 1. The zero-order chi connectivity index (χ0) is 19.1. The summed E-state index contributed by atoms with van der Waals surface area (Å²) >= 11 is 0. The molecule has 27 heavy (non-hydrogen) atoms. The molecule has 0 atom stereocenters. The third kappa shape index (κ3) is 4.92. The van der Waals surface area contributed by atoms with Gasteiger partial charge in [-0.15, -0.1) is 0 Å². The number of nitrogens with zero attached hydrogens (tertiary/aromatic N) is 3.